The first-order chi connectivity index (χ1) is 7.69. The molecular weight excluding hydrogens is 260 g/mol. The van der Waals surface area contributed by atoms with Crippen LogP contribution in [0.5, 0.6) is 0 Å². The summed E-state index contributed by atoms with van der Waals surface area (Å²) in [7, 11) is 1.97. The van der Waals surface area contributed by atoms with Gasteiger partial charge in [-0.3, -0.25) is 0 Å². The molecule has 1 atom stereocenters. The van der Waals surface area contributed by atoms with Crippen LogP contribution in [-0.4, -0.2) is 12.0 Å². The molecule has 0 aromatic carbocycles. The van der Waals surface area contributed by atoms with Crippen LogP contribution in [0.2, 0.25) is 4.34 Å². The van der Waals surface area contributed by atoms with Gasteiger partial charge in [0.25, 0.3) is 0 Å². The molecule has 0 bridgehead atoms. The van der Waals surface area contributed by atoms with Gasteiger partial charge in [0.15, 0.2) is 0 Å². The number of nitrogens with one attached hydrogen (secondary N) is 1. The van der Waals surface area contributed by atoms with Crippen LogP contribution in [0.1, 0.15) is 21.6 Å². The molecule has 16 heavy (non-hydrogen) atoms. The summed E-state index contributed by atoms with van der Waals surface area (Å²) in [6.45, 7) is 2.03. The van der Waals surface area contributed by atoms with Crippen molar-refractivity contribution >= 4 is 34.3 Å². The summed E-state index contributed by atoms with van der Waals surface area (Å²) in [6.07, 6.45) is 0.914. The number of rotatable bonds is 4. The van der Waals surface area contributed by atoms with Gasteiger partial charge >= 0.3 is 0 Å². The van der Waals surface area contributed by atoms with Crippen LogP contribution in [0.15, 0.2) is 17.5 Å². The molecule has 2 heterocycles. The molecule has 2 aromatic heterocycles. The van der Waals surface area contributed by atoms with E-state index in [-0.39, 0.29) is 0 Å². The maximum atomic E-state index is 5.95. The molecule has 2 aromatic rings. The number of thiazole rings is 1. The fraction of sp³-hybridized carbons (Fsp3) is 0.364. The minimum absolute atomic E-state index is 0.305. The molecule has 2 nitrogen and oxygen atoms in total. The average molecular weight is 273 g/mol. The molecule has 0 saturated carbocycles. The second kappa shape index (κ2) is 5.27. The van der Waals surface area contributed by atoms with Gasteiger partial charge in [-0.2, -0.15) is 0 Å². The van der Waals surface area contributed by atoms with Crippen molar-refractivity contribution in [2.75, 3.05) is 7.05 Å². The fourth-order valence-electron chi connectivity index (χ4n) is 1.57. The van der Waals surface area contributed by atoms with Gasteiger partial charge in [0.05, 0.1) is 15.0 Å². The van der Waals surface area contributed by atoms with Crippen molar-refractivity contribution in [3.8, 4) is 0 Å². The molecule has 0 amide bonds. The molecule has 0 fully saturated rings. The van der Waals surface area contributed by atoms with E-state index in [2.05, 4.69) is 21.7 Å². The van der Waals surface area contributed by atoms with Gasteiger partial charge in [-0.05, 0) is 26.1 Å². The molecular formula is C11H13ClN2S2. The Balaban J connectivity index is 2.12. The zero-order chi connectivity index (χ0) is 11.5. The van der Waals surface area contributed by atoms with Crippen molar-refractivity contribution in [1.29, 1.82) is 0 Å². The first kappa shape index (κ1) is 12.0. The molecule has 0 aliphatic rings. The van der Waals surface area contributed by atoms with E-state index in [1.807, 2.05) is 20.0 Å². The van der Waals surface area contributed by atoms with Gasteiger partial charge in [0.2, 0.25) is 0 Å². The number of hydrogen-bond acceptors (Lipinski definition) is 4. The van der Waals surface area contributed by atoms with Gasteiger partial charge < -0.3 is 5.32 Å². The highest BCUT2D eigenvalue weighted by Crippen LogP contribution is 2.28. The smallest absolute Gasteiger partial charge is 0.0931 e. The molecule has 2 rings (SSSR count). The summed E-state index contributed by atoms with van der Waals surface area (Å²) >= 11 is 9.27. The first-order valence-electron chi connectivity index (χ1n) is 5.02. The van der Waals surface area contributed by atoms with E-state index < -0.39 is 0 Å². The van der Waals surface area contributed by atoms with Crippen LogP contribution >= 0.6 is 34.3 Å². The lowest BCUT2D eigenvalue weighted by atomic mass is 10.1. The van der Waals surface area contributed by atoms with E-state index in [1.54, 1.807) is 22.7 Å². The number of halogens is 1. The quantitative estimate of drug-likeness (QED) is 0.919. The highest BCUT2D eigenvalue weighted by Gasteiger charge is 2.13. The zero-order valence-corrected chi connectivity index (χ0v) is 11.5. The number of thiophene rings is 1. The van der Waals surface area contributed by atoms with Gasteiger partial charge in [-0.1, -0.05) is 11.6 Å². The maximum absolute atomic E-state index is 5.95. The number of nitrogens with zero attached hydrogens (tertiary/aromatic N) is 1. The van der Waals surface area contributed by atoms with E-state index in [9.17, 15) is 0 Å². The Hall–Kier alpha value is -0.420. The highest BCUT2D eigenvalue weighted by atomic mass is 35.5. The molecule has 0 spiro atoms. The third-order valence-electron chi connectivity index (χ3n) is 2.37. The van der Waals surface area contributed by atoms with Crippen LogP contribution in [0.4, 0.5) is 0 Å². The van der Waals surface area contributed by atoms with Crippen molar-refractivity contribution < 1.29 is 0 Å². The van der Waals surface area contributed by atoms with Crippen molar-refractivity contribution in [3.05, 3.63) is 37.4 Å². The Morgan fingerprint density at radius 1 is 1.50 bits per heavy atom. The van der Waals surface area contributed by atoms with Crippen LogP contribution in [0.3, 0.4) is 0 Å². The van der Waals surface area contributed by atoms with Crippen LogP contribution in [0, 0.1) is 6.92 Å². The number of aryl methyl sites for hydroxylation is 1. The van der Waals surface area contributed by atoms with E-state index in [4.69, 9.17) is 11.6 Å². The largest absolute Gasteiger partial charge is 0.312 e. The van der Waals surface area contributed by atoms with Gasteiger partial charge in [0, 0.05) is 22.7 Å². The van der Waals surface area contributed by atoms with Crippen molar-refractivity contribution in [3.63, 3.8) is 0 Å². The third-order valence-corrected chi connectivity index (χ3v) is 4.53. The SMILES string of the molecule is CNC(Cc1csc(C)n1)c1ccc(Cl)s1. The standard InChI is InChI=1S/C11H13ClN2S2/c1-7-14-8(6-15-7)5-9(13-2)10-3-4-11(12)16-10/h3-4,6,9,13H,5H2,1-2H3. The molecule has 86 valence electrons. The third kappa shape index (κ3) is 2.83. The Morgan fingerprint density at radius 3 is 2.81 bits per heavy atom. The van der Waals surface area contributed by atoms with E-state index in [0.29, 0.717) is 6.04 Å². The molecule has 0 radical (unpaired) electrons. The predicted molar refractivity (Wildman–Crippen MR) is 71.7 cm³/mol. The van der Waals surface area contributed by atoms with Crippen molar-refractivity contribution in [2.45, 2.75) is 19.4 Å². The average Bonchev–Trinajstić information content (AvgIpc) is 2.84. The van der Waals surface area contributed by atoms with E-state index in [1.165, 1.54) is 4.88 Å². The van der Waals surface area contributed by atoms with Crippen LogP contribution in [-0.2, 0) is 6.42 Å². The van der Waals surface area contributed by atoms with Crippen molar-refractivity contribution in [2.24, 2.45) is 0 Å². The summed E-state index contributed by atoms with van der Waals surface area (Å²) in [5.74, 6) is 0. The Kier molecular flexibility index (Phi) is 3.97. The Morgan fingerprint density at radius 2 is 2.31 bits per heavy atom. The van der Waals surface area contributed by atoms with Crippen LogP contribution < -0.4 is 5.32 Å². The number of likely N-dealkylation sites (N-methyl/N-ethyl adjacent to an activating group) is 1. The summed E-state index contributed by atoms with van der Waals surface area (Å²) in [6, 6.07) is 4.32. The molecule has 0 aliphatic carbocycles. The lowest BCUT2D eigenvalue weighted by molar-refractivity contribution is 0.595. The lowest BCUT2D eigenvalue weighted by Crippen LogP contribution is -2.17. The predicted octanol–water partition coefficient (Wildman–Crippen LogP) is 3.67. The lowest BCUT2D eigenvalue weighted by Gasteiger charge is -2.12. The van der Waals surface area contributed by atoms with E-state index >= 15 is 0 Å². The van der Waals surface area contributed by atoms with Gasteiger partial charge in [-0.25, -0.2) is 4.98 Å². The highest BCUT2D eigenvalue weighted by molar-refractivity contribution is 7.16. The topological polar surface area (TPSA) is 24.9 Å². The second-order valence-electron chi connectivity index (χ2n) is 3.55. The summed E-state index contributed by atoms with van der Waals surface area (Å²) in [5, 5.41) is 6.55. The first-order valence-corrected chi connectivity index (χ1v) is 7.10. The molecule has 5 heteroatoms. The maximum Gasteiger partial charge on any atom is 0.0931 e. The van der Waals surface area contributed by atoms with Crippen molar-refractivity contribution in [1.82, 2.24) is 10.3 Å². The normalized spacial score (nSPS) is 12.9. The molecule has 1 N–H and O–H groups in total. The van der Waals surface area contributed by atoms with Crippen LogP contribution in [0.25, 0.3) is 0 Å². The molecule has 1 unspecified atom stereocenters. The number of aromatic nitrogens is 1. The summed E-state index contributed by atoms with van der Waals surface area (Å²) in [4.78, 5) is 5.74. The minimum atomic E-state index is 0.305. The second-order valence-corrected chi connectivity index (χ2v) is 6.35. The van der Waals surface area contributed by atoms with Gasteiger partial charge in [0.1, 0.15) is 0 Å². The minimum Gasteiger partial charge on any atom is -0.312 e. The Bertz CT molecular complexity index is 464. The molecule has 0 saturated heterocycles. The van der Waals surface area contributed by atoms with Gasteiger partial charge in [-0.15, -0.1) is 22.7 Å². The van der Waals surface area contributed by atoms with E-state index in [0.717, 1.165) is 21.5 Å². The number of hydrogen-bond donors (Lipinski definition) is 1. The monoisotopic (exact) mass is 272 g/mol. The summed E-state index contributed by atoms with van der Waals surface area (Å²) in [5.41, 5.74) is 1.14. The summed E-state index contributed by atoms with van der Waals surface area (Å²) < 4.78 is 0.838. The Labute approximate surface area is 108 Å². The zero-order valence-electron chi connectivity index (χ0n) is 9.16. The molecule has 0 aliphatic heterocycles. The fourth-order valence-corrected chi connectivity index (χ4v) is 3.37.